The van der Waals surface area contributed by atoms with Gasteiger partial charge in [0.15, 0.2) is 5.83 Å². The number of allylic oxidation sites excluding steroid dienone is 2. The normalized spacial score (nSPS) is 28.8. The molecule has 3 nitrogen and oxygen atoms in total. The van der Waals surface area contributed by atoms with Crippen LogP contribution in [0, 0.1) is 10.1 Å². The molecule has 0 radical (unpaired) electrons. The van der Waals surface area contributed by atoms with E-state index in [0.717, 1.165) is 6.08 Å². The molecule has 0 aromatic heterocycles. The number of hydrogen-bond acceptors (Lipinski definition) is 2. The van der Waals surface area contributed by atoms with Gasteiger partial charge in [0.05, 0.1) is 11.5 Å². The van der Waals surface area contributed by atoms with Gasteiger partial charge in [0.25, 0.3) is 0 Å². The molecule has 0 fully saturated rings. The van der Waals surface area contributed by atoms with Crippen LogP contribution in [0.4, 0.5) is 4.39 Å². The number of hydrogen-bond donors (Lipinski definition) is 0. The molecule has 1 atom stereocenters. The summed E-state index contributed by atoms with van der Waals surface area (Å²) < 4.78 is 13.0. The summed E-state index contributed by atoms with van der Waals surface area (Å²) in [5.74, 6) is -1.04. The molecular formula is C6H3Cl3FNO2. The van der Waals surface area contributed by atoms with Gasteiger partial charge in [0.1, 0.15) is 5.03 Å². The van der Waals surface area contributed by atoms with Gasteiger partial charge in [-0.05, 0) is 11.6 Å². The summed E-state index contributed by atoms with van der Waals surface area (Å²) in [5.41, 5.74) is 0. The summed E-state index contributed by atoms with van der Waals surface area (Å²) in [4.78, 5) is 7.50. The van der Waals surface area contributed by atoms with Crippen LogP contribution in [0.15, 0.2) is 22.0 Å². The molecule has 13 heavy (non-hydrogen) atoms. The fraction of sp³-hybridized carbons (Fsp3) is 0.333. The predicted molar refractivity (Wildman–Crippen MR) is 48.1 cm³/mol. The van der Waals surface area contributed by atoms with Gasteiger partial charge < -0.3 is 0 Å². The Morgan fingerprint density at radius 2 is 2.15 bits per heavy atom. The highest BCUT2D eigenvalue weighted by atomic mass is 35.5. The zero-order valence-corrected chi connectivity index (χ0v) is 8.33. The third-order valence-electron chi connectivity index (χ3n) is 1.58. The predicted octanol–water partition coefficient (Wildman–Crippen LogP) is 3.14. The van der Waals surface area contributed by atoms with Crippen molar-refractivity contribution in [3.63, 3.8) is 0 Å². The van der Waals surface area contributed by atoms with Crippen molar-refractivity contribution in [2.24, 2.45) is 0 Å². The molecular weight excluding hydrogens is 243 g/mol. The average Bonchev–Trinajstić information content (AvgIpc) is 2.08. The van der Waals surface area contributed by atoms with E-state index in [4.69, 9.17) is 34.8 Å². The minimum atomic E-state index is -2.11. The van der Waals surface area contributed by atoms with E-state index in [1.807, 2.05) is 0 Å². The molecule has 72 valence electrons. The van der Waals surface area contributed by atoms with Crippen LogP contribution in [0.25, 0.3) is 0 Å². The molecule has 0 saturated heterocycles. The lowest BCUT2D eigenvalue weighted by atomic mass is 10.1. The van der Waals surface area contributed by atoms with Crippen LogP contribution in [-0.2, 0) is 0 Å². The van der Waals surface area contributed by atoms with Gasteiger partial charge in [-0.1, -0.05) is 29.3 Å². The molecule has 1 unspecified atom stereocenters. The van der Waals surface area contributed by atoms with Crippen LogP contribution in [-0.4, -0.2) is 9.92 Å². The van der Waals surface area contributed by atoms with Gasteiger partial charge in [-0.3, -0.25) is 10.1 Å². The molecule has 0 spiro atoms. The van der Waals surface area contributed by atoms with Gasteiger partial charge in [-0.15, -0.1) is 0 Å². The van der Waals surface area contributed by atoms with Crippen molar-refractivity contribution in [1.29, 1.82) is 0 Å². The van der Waals surface area contributed by atoms with E-state index in [1.165, 1.54) is 0 Å². The fourth-order valence-corrected chi connectivity index (χ4v) is 1.46. The maximum absolute atomic E-state index is 13.0. The number of alkyl halides is 1. The van der Waals surface area contributed by atoms with E-state index < -0.39 is 20.8 Å². The summed E-state index contributed by atoms with van der Waals surface area (Å²) in [6, 6.07) is 0. The molecule has 0 aromatic rings. The first-order valence-corrected chi connectivity index (χ1v) is 4.28. The van der Waals surface area contributed by atoms with E-state index in [1.54, 1.807) is 0 Å². The zero-order valence-electron chi connectivity index (χ0n) is 6.06. The Balaban J connectivity index is 3.18. The minimum absolute atomic E-state index is 0.230. The maximum Gasteiger partial charge on any atom is 0.337 e. The Kier molecular flexibility index (Phi) is 2.85. The summed E-state index contributed by atoms with van der Waals surface area (Å²) in [6.45, 7) is 0. The molecule has 0 aromatic carbocycles. The smallest absolute Gasteiger partial charge is 0.262 e. The quantitative estimate of drug-likeness (QED) is 0.309. The van der Waals surface area contributed by atoms with E-state index in [-0.39, 0.29) is 11.5 Å². The molecule has 0 aliphatic heterocycles. The first-order valence-electron chi connectivity index (χ1n) is 3.15. The Hall–Kier alpha value is -0.320. The van der Waals surface area contributed by atoms with Crippen molar-refractivity contribution >= 4 is 34.8 Å². The lowest BCUT2D eigenvalue weighted by molar-refractivity contribution is -0.528. The van der Waals surface area contributed by atoms with Crippen molar-refractivity contribution in [3.8, 4) is 0 Å². The molecule has 1 aliphatic carbocycles. The van der Waals surface area contributed by atoms with Crippen LogP contribution < -0.4 is 0 Å². The second-order valence-corrected chi connectivity index (χ2v) is 3.81. The molecule has 0 saturated carbocycles. The van der Waals surface area contributed by atoms with Crippen LogP contribution in [0.5, 0.6) is 0 Å². The summed E-state index contributed by atoms with van der Waals surface area (Å²) >= 11 is 16.2. The van der Waals surface area contributed by atoms with Gasteiger partial charge in [0.2, 0.25) is 0 Å². The van der Waals surface area contributed by atoms with Crippen molar-refractivity contribution < 1.29 is 9.31 Å². The largest absolute Gasteiger partial charge is 0.337 e. The lowest BCUT2D eigenvalue weighted by Gasteiger charge is -2.19. The van der Waals surface area contributed by atoms with E-state index in [2.05, 4.69) is 0 Å². The topological polar surface area (TPSA) is 43.1 Å². The Morgan fingerprint density at radius 1 is 1.62 bits per heavy atom. The molecule has 0 heterocycles. The number of halogens is 4. The van der Waals surface area contributed by atoms with Crippen molar-refractivity contribution in [1.82, 2.24) is 0 Å². The maximum atomic E-state index is 13.0. The molecule has 1 aliphatic rings. The average molecular weight is 246 g/mol. The summed E-state index contributed by atoms with van der Waals surface area (Å²) in [6.07, 6.45) is 0.894. The fourth-order valence-electron chi connectivity index (χ4n) is 0.832. The minimum Gasteiger partial charge on any atom is -0.262 e. The highest BCUT2D eigenvalue weighted by Gasteiger charge is 2.48. The Labute approximate surface area is 87.9 Å². The highest BCUT2D eigenvalue weighted by molar-refractivity contribution is 6.41. The number of nitro groups is 1. The molecule has 0 N–H and O–H groups in total. The van der Waals surface area contributed by atoms with Gasteiger partial charge in [-0.25, -0.2) is 4.39 Å². The Morgan fingerprint density at radius 3 is 2.62 bits per heavy atom. The second-order valence-electron chi connectivity index (χ2n) is 2.40. The van der Waals surface area contributed by atoms with Crippen LogP contribution in [0.2, 0.25) is 0 Å². The first kappa shape index (κ1) is 10.8. The Bertz CT molecular complexity index is 328. The van der Waals surface area contributed by atoms with Crippen molar-refractivity contribution in [2.75, 3.05) is 0 Å². The molecule has 1 rings (SSSR count). The zero-order chi connectivity index (χ0) is 10.2. The van der Waals surface area contributed by atoms with Crippen molar-refractivity contribution in [3.05, 3.63) is 32.1 Å². The third-order valence-corrected chi connectivity index (χ3v) is 2.96. The molecule has 0 bridgehead atoms. The number of rotatable bonds is 1. The number of nitrogens with zero attached hydrogens (tertiary/aromatic N) is 1. The summed E-state index contributed by atoms with van der Waals surface area (Å²) in [7, 11) is 0. The van der Waals surface area contributed by atoms with Crippen molar-refractivity contribution in [2.45, 2.75) is 11.4 Å². The lowest BCUT2D eigenvalue weighted by Crippen LogP contribution is -2.34. The van der Waals surface area contributed by atoms with Crippen LogP contribution in [0.3, 0.4) is 0 Å². The van der Waals surface area contributed by atoms with Crippen LogP contribution >= 0.6 is 34.8 Å². The highest BCUT2D eigenvalue weighted by Crippen LogP contribution is 2.42. The van der Waals surface area contributed by atoms with Crippen LogP contribution in [0.1, 0.15) is 6.42 Å². The van der Waals surface area contributed by atoms with Gasteiger partial charge >= 0.3 is 5.00 Å². The summed E-state index contributed by atoms with van der Waals surface area (Å²) in [5, 5.41) is 9.53. The van der Waals surface area contributed by atoms with Gasteiger partial charge in [-0.2, -0.15) is 0 Å². The standard InChI is InChI=1S/C6H3Cl3FNO2/c7-3-1-2-6(9,11(12)13)5(8)4(3)10/h1H,2H2. The second kappa shape index (κ2) is 3.44. The first-order chi connectivity index (χ1) is 5.89. The van der Waals surface area contributed by atoms with E-state index in [9.17, 15) is 14.5 Å². The molecule has 7 heteroatoms. The van der Waals surface area contributed by atoms with Gasteiger partial charge in [0, 0.05) is 4.92 Å². The van der Waals surface area contributed by atoms with E-state index in [0.29, 0.717) is 0 Å². The monoisotopic (exact) mass is 245 g/mol. The third kappa shape index (κ3) is 1.66. The molecule has 0 amide bonds. The SMILES string of the molecule is O=[N+]([O-])C1(Cl)CC=C(Cl)C(F)=C1Cl. The van der Waals surface area contributed by atoms with E-state index >= 15 is 0 Å².